The summed E-state index contributed by atoms with van der Waals surface area (Å²) in [5.41, 5.74) is 3.18. The second-order valence-corrected chi connectivity index (χ2v) is 4.07. The van der Waals surface area contributed by atoms with Crippen LogP contribution in [0.4, 0.5) is 5.69 Å². The summed E-state index contributed by atoms with van der Waals surface area (Å²) in [6, 6.07) is 10.5. The second kappa shape index (κ2) is 4.87. The average Bonchev–Trinajstić information content (AvgIpc) is 2.68. The Balaban J connectivity index is 2.19. The molecule has 1 heterocycles. The Kier molecular flexibility index (Phi) is 3.28. The SMILES string of the molecule is Cc1ccc(C=Nc2ccc(C(=O)O)cc2)n1C. The van der Waals surface area contributed by atoms with Crippen LogP contribution in [0.25, 0.3) is 0 Å². The van der Waals surface area contributed by atoms with Crippen molar-refractivity contribution in [2.75, 3.05) is 0 Å². The lowest BCUT2D eigenvalue weighted by Gasteiger charge is -1.99. The molecule has 0 saturated heterocycles. The fourth-order valence-electron chi connectivity index (χ4n) is 1.59. The maximum absolute atomic E-state index is 10.7. The highest BCUT2D eigenvalue weighted by molar-refractivity contribution is 5.88. The van der Waals surface area contributed by atoms with E-state index in [0.717, 1.165) is 17.1 Å². The molecule has 4 heteroatoms. The van der Waals surface area contributed by atoms with Gasteiger partial charge in [-0.2, -0.15) is 0 Å². The van der Waals surface area contributed by atoms with Gasteiger partial charge < -0.3 is 9.67 Å². The molecule has 2 rings (SSSR count). The van der Waals surface area contributed by atoms with E-state index in [4.69, 9.17) is 5.11 Å². The molecular formula is C14H14N2O2. The zero-order chi connectivity index (χ0) is 13.1. The van der Waals surface area contributed by atoms with Crippen molar-refractivity contribution in [3.63, 3.8) is 0 Å². The van der Waals surface area contributed by atoms with Crippen molar-refractivity contribution < 1.29 is 9.90 Å². The third-order valence-electron chi connectivity index (χ3n) is 2.87. The minimum absolute atomic E-state index is 0.267. The number of aryl methyl sites for hydroxylation is 1. The molecule has 4 nitrogen and oxygen atoms in total. The molecule has 0 aliphatic rings. The van der Waals surface area contributed by atoms with E-state index < -0.39 is 5.97 Å². The van der Waals surface area contributed by atoms with Gasteiger partial charge in [0, 0.05) is 12.7 Å². The number of hydrogen-bond acceptors (Lipinski definition) is 2. The molecule has 1 aromatic heterocycles. The molecule has 0 aliphatic carbocycles. The first-order chi connectivity index (χ1) is 8.58. The minimum atomic E-state index is -0.927. The lowest BCUT2D eigenvalue weighted by atomic mass is 10.2. The highest BCUT2D eigenvalue weighted by Gasteiger charge is 2.01. The number of benzene rings is 1. The molecule has 1 N–H and O–H groups in total. The number of nitrogens with zero attached hydrogens (tertiary/aromatic N) is 2. The number of carbonyl (C=O) groups is 1. The van der Waals surface area contributed by atoms with Gasteiger partial charge in [-0.3, -0.25) is 4.99 Å². The Morgan fingerprint density at radius 2 is 1.89 bits per heavy atom. The molecule has 0 unspecified atom stereocenters. The highest BCUT2D eigenvalue weighted by Crippen LogP contribution is 2.13. The Hall–Kier alpha value is -2.36. The van der Waals surface area contributed by atoms with Gasteiger partial charge in [0.05, 0.1) is 23.2 Å². The summed E-state index contributed by atoms with van der Waals surface area (Å²) in [6.07, 6.45) is 1.77. The summed E-state index contributed by atoms with van der Waals surface area (Å²) in [5, 5.41) is 8.78. The highest BCUT2D eigenvalue weighted by atomic mass is 16.4. The molecule has 0 amide bonds. The van der Waals surface area contributed by atoms with Crippen LogP contribution in [-0.2, 0) is 7.05 Å². The van der Waals surface area contributed by atoms with Crippen LogP contribution in [0.1, 0.15) is 21.7 Å². The van der Waals surface area contributed by atoms with Crippen LogP contribution in [0, 0.1) is 6.92 Å². The van der Waals surface area contributed by atoms with E-state index in [0.29, 0.717) is 0 Å². The third-order valence-corrected chi connectivity index (χ3v) is 2.87. The van der Waals surface area contributed by atoms with E-state index in [1.54, 1.807) is 30.5 Å². The molecular weight excluding hydrogens is 228 g/mol. The minimum Gasteiger partial charge on any atom is -0.478 e. The smallest absolute Gasteiger partial charge is 0.335 e. The first-order valence-corrected chi connectivity index (χ1v) is 5.57. The standard InChI is InChI=1S/C14H14N2O2/c1-10-3-8-13(16(10)2)9-15-12-6-4-11(5-7-12)14(17)18/h3-9H,1-2H3,(H,17,18). The van der Waals surface area contributed by atoms with Crippen LogP contribution >= 0.6 is 0 Å². The van der Waals surface area contributed by atoms with Gasteiger partial charge in [-0.05, 0) is 43.3 Å². The number of aromatic carboxylic acids is 1. The van der Waals surface area contributed by atoms with Crippen LogP contribution in [0.5, 0.6) is 0 Å². The normalized spacial score (nSPS) is 11.0. The van der Waals surface area contributed by atoms with E-state index in [1.807, 2.05) is 30.7 Å². The van der Waals surface area contributed by atoms with Gasteiger partial charge in [0.15, 0.2) is 0 Å². The van der Waals surface area contributed by atoms with Crippen LogP contribution in [0.2, 0.25) is 0 Å². The molecule has 92 valence electrons. The molecule has 0 spiro atoms. The van der Waals surface area contributed by atoms with Gasteiger partial charge in [0.2, 0.25) is 0 Å². The van der Waals surface area contributed by atoms with Gasteiger partial charge in [0.1, 0.15) is 0 Å². The molecule has 18 heavy (non-hydrogen) atoms. The molecule has 0 aliphatic heterocycles. The summed E-state index contributed by atoms with van der Waals surface area (Å²) in [6.45, 7) is 2.03. The van der Waals surface area contributed by atoms with Crippen molar-refractivity contribution in [2.24, 2.45) is 12.0 Å². The lowest BCUT2D eigenvalue weighted by Crippen LogP contribution is -1.96. The zero-order valence-electron chi connectivity index (χ0n) is 10.3. The van der Waals surface area contributed by atoms with Gasteiger partial charge in [0.25, 0.3) is 0 Å². The maximum Gasteiger partial charge on any atom is 0.335 e. The van der Waals surface area contributed by atoms with Crippen molar-refractivity contribution in [1.82, 2.24) is 4.57 Å². The van der Waals surface area contributed by atoms with Gasteiger partial charge in [-0.15, -0.1) is 0 Å². The molecule has 0 fully saturated rings. The number of aliphatic imine (C=N–C) groups is 1. The monoisotopic (exact) mass is 242 g/mol. The van der Waals surface area contributed by atoms with E-state index >= 15 is 0 Å². The molecule has 0 bridgehead atoms. The largest absolute Gasteiger partial charge is 0.478 e. The second-order valence-electron chi connectivity index (χ2n) is 4.07. The van der Waals surface area contributed by atoms with Crippen LogP contribution in [0.15, 0.2) is 41.4 Å². The maximum atomic E-state index is 10.7. The third kappa shape index (κ3) is 2.48. The summed E-state index contributed by atoms with van der Waals surface area (Å²) in [5.74, 6) is -0.927. The number of rotatable bonds is 3. The topological polar surface area (TPSA) is 54.6 Å². The van der Waals surface area contributed by atoms with E-state index in [1.165, 1.54) is 0 Å². The summed E-state index contributed by atoms with van der Waals surface area (Å²) in [4.78, 5) is 15.0. The van der Waals surface area contributed by atoms with E-state index in [2.05, 4.69) is 4.99 Å². The van der Waals surface area contributed by atoms with Crippen molar-refractivity contribution in [2.45, 2.75) is 6.92 Å². The quantitative estimate of drug-likeness (QED) is 0.841. The number of hydrogen-bond donors (Lipinski definition) is 1. The first kappa shape index (κ1) is 12.1. The molecule has 0 atom stereocenters. The Labute approximate surface area is 105 Å². The lowest BCUT2D eigenvalue weighted by molar-refractivity contribution is 0.0697. The fourth-order valence-corrected chi connectivity index (χ4v) is 1.59. The van der Waals surface area contributed by atoms with Gasteiger partial charge >= 0.3 is 5.97 Å². The average molecular weight is 242 g/mol. The summed E-state index contributed by atoms with van der Waals surface area (Å²) >= 11 is 0. The van der Waals surface area contributed by atoms with Crippen molar-refractivity contribution in [3.8, 4) is 0 Å². The van der Waals surface area contributed by atoms with Gasteiger partial charge in [-0.25, -0.2) is 4.79 Å². The Morgan fingerprint density at radius 1 is 1.22 bits per heavy atom. The predicted molar refractivity (Wildman–Crippen MR) is 70.8 cm³/mol. The summed E-state index contributed by atoms with van der Waals surface area (Å²) in [7, 11) is 1.98. The number of aromatic nitrogens is 1. The number of carboxylic acids is 1. The van der Waals surface area contributed by atoms with Crippen LogP contribution in [0.3, 0.4) is 0 Å². The first-order valence-electron chi connectivity index (χ1n) is 5.57. The van der Waals surface area contributed by atoms with Crippen LogP contribution < -0.4 is 0 Å². The van der Waals surface area contributed by atoms with Crippen LogP contribution in [-0.4, -0.2) is 21.9 Å². The molecule has 1 aromatic carbocycles. The zero-order valence-corrected chi connectivity index (χ0v) is 10.3. The van der Waals surface area contributed by atoms with Crippen molar-refractivity contribution in [3.05, 3.63) is 53.3 Å². The van der Waals surface area contributed by atoms with Crippen molar-refractivity contribution in [1.29, 1.82) is 0 Å². The van der Waals surface area contributed by atoms with Gasteiger partial charge in [-0.1, -0.05) is 0 Å². The Morgan fingerprint density at radius 3 is 2.39 bits per heavy atom. The van der Waals surface area contributed by atoms with E-state index in [-0.39, 0.29) is 5.56 Å². The summed E-state index contributed by atoms with van der Waals surface area (Å²) < 4.78 is 2.04. The predicted octanol–water partition coefficient (Wildman–Crippen LogP) is 2.78. The molecule has 0 saturated carbocycles. The number of carboxylic acid groups (broad SMARTS) is 1. The van der Waals surface area contributed by atoms with E-state index in [9.17, 15) is 4.79 Å². The molecule has 2 aromatic rings. The van der Waals surface area contributed by atoms with Crippen molar-refractivity contribution >= 4 is 17.9 Å². The molecule has 0 radical (unpaired) electrons. The fraction of sp³-hybridized carbons (Fsp3) is 0.143. The Bertz CT molecular complexity index is 595.